The molecule has 0 heterocycles. The molecular weight excluding hydrogens is 386 g/mol. The van der Waals surface area contributed by atoms with Crippen molar-refractivity contribution in [2.75, 3.05) is 34.4 Å². The lowest BCUT2D eigenvalue weighted by Gasteiger charge is -2.52. The van der Waals surface area contributed by atoms with Crippen LogP contribution in [-0.2, 0) is 9.59 Å². The molecular formula is C23H46NO6+. The van der Waals surface area contributed by atoms with E-state index in [1.54, 1.807) is 21.1 Å². The van der Waals surface area contributed by atoms with E-state index in [2.05, 4.69) is 6.92 Å². The van der Waals surface area contributed by atoms with Gasteiger partial charge >= 0.3 is 11.9 Å². The number of carboxylic acid groups (broad SMARTS) is 2. The summed E-state index contributed by atoms with van der Waals surface area (Å²) < 4.78 is -0.0912. The Balaban J connectivity index is 5.28. The Kier molecular flexibility index (Phi) is 13.4. The van der Waals surface area contributed by atoms with Crippen LogP contribution in [0.15, 0.2) is 0 Å². The minimum absolute atomic E-state index is 0.0912. The summed E-state index contributed by atoms with van der Waals surface area (Å²) in [7, 11) is 5.07. The van der Waals surface area contributed by atoms with E-state index in [9.17, 15) is 30.0 Å². The minimum atomic E-state index is -1.75. The summed E-state index contributed by atoms with van der Waals surface area (Å²) in [5.41, 5.74) is -3.40. The van der Waals surface area contributed by atoms with Gasteiger partial charge in [-0.15, -0.1) is 0 Å². The number of quaternary nitrogens is 1. The first-order chi connectivity index (χ1) is 14.1. The molecule has 0 rings (SSSR count). The lowest BCUT2D eigenvalue weighted by Crippen LogP contribution is -2.73. The third kappa shape index (κ3) is 7.20. The van der Waals surface area contributed by atoms with Crippen LogP contribution in [0.1, 0.15) is 90.4 Å². The van der Waals surface area contributed by atoms with Gasteiger partial charge in [-0.1, -0.05) is 64.7 Å². The second kappa shape index (κ2) is 14.0. The Hall–Kier alpha value is -1.18. The van der Waals surface area contributed by atoms with Crippen molar-refractivity contribution in [3.63, 3.8) is 0 Å². The van der Waals surface area contributed by atoms with Gasteiger partial charge in [0.15, 0.2) is 0 Å². The van der Waals surface area contributed by atoms with Crippen LogP contribution in [-0.4, -0.2) is 76.7 Å². The first kappa shape index (κ1) is 28.8. The van der Waals surface area contributed by atoms with Crippen LogP contribution in [0.4, 0.5) is 0 Å². The summed E-state index contributed by atoms with van der Waals surface area (Å²) in [5, 5.41) is 39.6. The first-order valence-corrected chi connectivity index (χ1v) is 11.6. The van der Waals surface area contributed by atoms with Gasteiger partial charge < -0.3 is 24.9 Å². The largest absolute Gasteiger partial charge is 0.481 e. The van der Waals surface area contributed by atoms with Crippen LogP contribution in [0.25, 0.3) is 0 Å². The lowest BCUT2D eigenvalue weighted by atomic mass is 9.61. The Morgan fingerprint density at radius 3 is 1.37 bits per heavy atom. The monoisotopic (exact) mass is 432 g/mol. The topological polar surface area (TPSA) is 115 Å². The number of nitrogens with zero attached hydrogens (tertiary/aromatic N) is 1. The molecule has 0 aliphatic heterocycles. The Bertz CT molecular complexity index is 496. The van der Waals surface area contributed by atoms with Gasteiger partial charge in [-0.05, 0) is 19.3 Å². The molecule has 0 saturated carbocycles. The fourth-order valence-corrected chi connectivity index (χ4v) is 4.99. The molecule has 7 heteroatoms. The molecule has 0 aromatic carbocycles. The molecule has 30 heavy (non-hydrogen) atoms. The zero-order valence-electron chi connectivity index (χ0n) is 19.7. The first-order valence-electron chi connectivity index (χ1n) is 11.6. The summed E-state index contributed by atoms with van der Waals surface area (Å²) in [5.74, 6) is -2.46. The number of aliphatic carboxylic acids is 2. The van der Waals surface area contributed by atoms with E-state index in [4.69, 9.17) is 0 Å². The van der Waals surface area contributed by atoms with Crippen molar-refractivity contribution in [3.05, 3.63) is 0 Å². The number of aliphatic hydroxyl groups is 2. The van der Waals surface area contributed by atoms with Crippen molar-refractivity contribution >= 4 is 11.9 Å². The average molecular weight is 433 g/mol. The molecule has 178 valence electrons. The van der Waals surface area contributed by atoms with Gasteiger partial charge in [0.05, 0.1) is 21.1 Å². The van der Waals surface area contributed by atoms with Crippen molar-refractivity contribution in [2.24, 2.45) is 5.41 Å². The molecule has 0 aliphatic rings. The number of carboxylic acids is 2. The molecule has 0 bridgehead atoms. The molecule has 0 spiro atoms. The molecule has 0 aromatic rings. The normalized spacial score (nSPS) is 14.5. The second-order valence-corrected chi connectivity index (χ2v) is 9.44. The highest BCUT2D eigenvalue weighted by molar-refractivity contribution is 5.89. The second-order valence-electron chi connectivity index (χ2n) is 9.44. The van der Waals surface area contributed by atoms with Crippen molar-refractivity contribution in [1.82, 2.24) is 0 Å². The molecule has 0 radical (unpaired) electrons. The molecule has 0 fully saturated rings. The molecule has 1 unspecified atom stereocenters. The van der Waals surface area contributed by atoms with Gasteiger partial charge in [0.1, 0.15) is 5.41 Å². The number of hydrogen-bond acceptors (Lipinski definition) is 4. The third-order valence-corrected chi connectivity index (χ3v) is 6.67. The highest BCUT2D eigenvalue weighted by atomic mass is 16.4. The van der Waals surface area contributed by atoms with Gasteiger partial charge in [-0.2, -0.15) is 0 Å². The summed E-state index contributed by atoms with van der Waals surface area (Å²) in [6.45, 7) is 1.31. The average Bonchev–Trinajstić information content (AvgIpc) is 2.64. The van der Waals surface area contributed by atoms with E-state index in [-0.39, 0.29) is 23.7 Å². The highest BCUT2D eigenvalue weighted by Gasteiger charge is 2.68. The summed E-state index contributed by atoms with van der Waals surface area (Å²) in [4.78, 5) is 25.0. The maximum atomic E-state index is 12.6. The Morgan fingerprint density at radius 2 is 1.07 bits per heavy atom. The van der Waals surface area contributed by atoms with Crippen molar-refractivity contribution in [2.45, 2.75) is 95.9 Å². The Labute approximate surface area is 182 Å². The maximum Gasteiger partial charge on any atom is 0.366 e. The fraction of sp³-hybridized carbons (Fsp3) is 0.913. The van der Waals surface area contributed by atoms with Gasteiger partial charge in [0.2, 0.25) is 5.54 Å². The number of hydrogen-bond donors (Lipinski definition) is 4. The molecule has 0 aromatic heterocycles. The molecule has 4 N–H and O–H groups in total. The van der Waals surface area contributed by atoms with E-state index in [1.807, 2.05) is 0 Å². The SMILES string of the molecule is CCCCCCCCCCCCC(C(=O)O)(C(CCO)(CCO)C(=O)O)[N+](C)(C)C. The summed E-state index contributed by atoms with van der Waals surface area (Å²) in [6.07, 6.45) is 10.8. The molecule has 0 amide bonds. The number of unbranched alkanes of at least 4 members (excludes halogenated alkanes) is 9. The number of aliphatic hydroxyl groups excluding tert-OH is 2. The summed E-state index contributed by atoms with van der Waals surface area (Å²) in [6, 6.07) is 0. The highest BCUT2D eigenvalue weighted by Crippen LogP contribution is 2.48. The molecule has 7 nitrogen and oxygen atoms in total. The maximum absolute atomic E-state index is 12.6. The fourth-order valence-electron chi connectivity index (χ4n) is 4.99. The zero-order valence-corrected chi connectivity index (χ0v) is 19.7. The number of likely N-dealkylation sites (N-methyl/N-ethyl adjacent to an activating group) is 1. The third-order valence-electron chi connectivity index (χ3n) is 6.67. The molecule has 1 atom stereocenters. The predicted octanol–water partition coefficient (Wildman–Crippen LogP) is 3.66. The van der Waals surface area contributed by atoms with E-state index >= 15 is 0 Å². The van der Waals surface area contributed by atoms with Gasteiger partial charge in [0.25, 0.3) is 0 Å². The van der Waals surface area contributed by atoms with E-state index in [0.29, 0.717) is 6.42 Å². The van der Waals surface area contributed by atoms with Gasteiger partial charge in [0, 0.05) is 19.6 Å². The predicted molar refractivity (Wildman–Crippen MR) is 118 cm³/mol. The van der Waals surface area contributed by atoms with Crippen LogP contribution < -0.4 is 0 Å². The van der Waals surface area contributed by atoms with Gasteiger partial charge in [-0.3, -0.25) is 4.79 Å². The number of rotatable bonds is 19. The van der Waals surface area contributed by atoms with Crippen molar-refractivity contribution < 1.29 is 34.5 Å². The smallest absolute Gasteiger partial charge is 0.366 e. The van der Waals surface area contributed by atoms with Crippen molar-refractivity contribution in [3.8, 4) is 0 Å². The number of carbonyl (C=O) groups is 2. The van der Waals surface area contributed by atoms with E-state index < -0.39 is 36.1 Å². The Morgan fingerprint density at radius 1 is 0.667 bits per heavy atom. The lowest BCUT2D eigenvalue weighted by molar-refractivity contribution is -0.922. The quantitative estimate of drug-likeness (QED) is 0.183. The standard InChI is InChI=1S/C23H45NO6/c1-5-6-7-8-9-10-11-12-13-14-15-23(21(29)30,24(2,3)4)22(16-18-25,17-19-26)20(27)28/h25-26H,5-19H2,1-4H3,(H-,27,28,29,30)/p+1. The van der Waals surface area contributed by atoms with Gasteiger partial charge in [-0.25, -0.2) is 4.79 Å². The molecule has 0 aliphatic carbocycles. The van der Waals surface area contributed by atoms with Crippen LogP contribution in [0.5, 0.6) is 0 Å². The minimum Gasteiger partial charge on any atom is -0.481 e. The van der Waals surface area contributed by atoms with Crippen LogP contribution >= 0.6 is 0 Å². The van der Waals surface area contributed by atoms with Crippen molar-refractivity contribution in [1.29, 1.82) is 0 Å². The zero-order chi connectivity index (χ0) is 23.3. The van der Waals surface area contributed by atoms with E-state index in [0.717, 1.165) is 19.3 Å². The van der Waals surface area contributed by atoms with Crippen LogP contribution in [0.3, 0.4) is 0 Å². The van der Waals surface area contributed by atoms with Crippen LogP contribution in [0.2, 0.25) is 0 Å². The summed E-state index contributed by atoms with van der Waals surface area (Å²) >= 11 is 0. The molecule has 0 saturated heterocycles. The van der Waals surface area contributed by atoms with E-state index in [1.165, 1.54) is 38.5 Å². The van der Waals surface area contributed by atoms with Crippen LogP contribution in [0, 0.1) is 5.41 Å².